The van der Waals surface area contributed by atoms with Crippen LogP contribution in [0.25, 0.3) is 0 Å². The van der Waals surface area contributed by atoms with Gasteiger partial charge >= 0.3 is 0 Å². The average molecular weight is 355 g/mol. The molecule has 0 radical (unpaired) electrons. The summed E-state index contributed by atoms with van der Waals surface area (Å²) in [5, 5.41) is 5.55. The predicted octanol–water partition coefficient (Wildman–Crippen LogP) is 5.42. The monoisotopic (exact) mass is 354 g/mol. The number of amides is 1. The molecular formula is C21H26N2OS. The molecule has 1 N–H and O–H groups in total. The van der Waals surface area contributed by atoms with Gasteiger partial charge in [0, 0.05) is 16.9 Å². The van der Waals surface area contributed by atoms with Crippen molar-refractivity contribution in [1.29, 1.82) is 0 Å². The highest BCUT2D eigenvalue weighted by molar-refractivity contribution is 7.14. The molecule has 3 rings (SSSR count). The van der Waals surface area contributed by atoms with Crippen LogP contribution >= 0.6 is 11.3 Å². The second kappa shape index (κ2) is 6.41. The molecule has 1 aromatic heterocycles. The van der Waals surface area contributed by atoms with Crippen LogP contribution in [-0.4, -0.2) is 10.9 Å². The third kappa shape index (κ3) is 3.40. The number of anilines is 1. The molecule has 0 atom stereocenters. The maximum atomic E-state index is 11.7. The molecule has 132 valence electrons. The first-order valence-electron chi connectivity index (χ1n) is 8.70. The van der Waals surface area contributed by atoms with Gasteiger partial charge in [-0.2, -0.15) is 0 Å². The van der Waals surface area contributed by atoms with Crippen molar-refractivity contribution in [2.24, 2.45) is 0 Å². The van der Waals surface area contributed by atoms with E-state index in [2.05, 4.69) is 62.1 Å². The molecule has 1 aliphatic carbocycles. The third-order valence-corrected chi connectivity index (χ3v) is 6.00. The van der Waals surface area contributed by atoms with Crippen molar-refractivity contribution in [3.8, 4) is 0 Å². The van der Waals surface area contributed by atoms with Crippen LogP contribution in [0.1, 0.15) is 60.6 Å². The van der Waals surface area contributed by atoms with Crippen LogP contribution in [0.4, 0.5) is 5.13 Å². The largest absolute Gasteiger partial charge is 0.298 e. The Labute approximate surface area is 154 Å². The molecule has 1 fully saturated rings. The van der Waals surface area contributed by atoms with Gasteiger partial charge in [0.2, 0.25) is 0 Å². The Hall–Kier alpha value is -1.94. The minimum atomic E-state index is -0.162. The van der Waals surface area contributed by atoms with Gasteiger partial charge in [0.05, 0.1) is 5.69 Å². The third-order valence-electron chi connectivity index (χ3n) is 5.22. The smallest absolute Gasteiger partial charge is 0.252 e. The van der Waals surface area contributed by atoms with Gasteiger partial charge in [0.25, 0.3) is 5.91 Å². The first-order valence-corrected chi connectivity index (χ1v) is 9.58. The number of hydrogen-bond acceptors (Lipinski definition) is 3. The van der Waals surface area contributed by atoms with Crippen molar-refractivity contribution in [2.45, 2.75) is 58.8 Å². The summed E-state index contributed by atoms with van der Waals surface area (Å²) in [4.78, 5) is 16.3. The Kier molecular flexibility index (Phi) is 4.58. The lowest BCUT2D eigenvalue weighted by atomic mass is 9.57. The van der Waals surface area contributed by atoms with Gasteiger partial charge in [0.15, 0.2) is 5.13 Å². The van der Waals surface area contributed by atoms with Gasteiger partial charge in [-0.05, 0) is 62.6 Å². The number of carbonyl (C=O) groups is 1. The van der Waals surface area contributed by atoms with Crippen LogP contribution in [0.2, 0.25) is 0 Å². The zero-order chi connectivity index (χ0) is 18.4. The first-order chi connectivity index (χ1) is 11.7. The lowest BCUT2D eigenvalue weighted by Crippen LogP contribution is -2.38. The normalized spacial score (nSPS) is 22.4. The number of nitrogens with one attached hydrogen (secondary N) is 1. The molecule has 0 unspecified atom stereocenters. The summed E-state index contributed by atoms with van der Waals surface area (Å²) in [6, 6.07) is 4.57. The van der Waals surface area contributed by atoms with E-state index in [0.29, 0.717) is 16.6 Å². The fourth-order valence-electron chi connectivity index (χ4n) is 4.31. The molecule has 1 aromatic carbocycles. The molecule has 25 heavy (non-hydrogen) atoms. The average Bonchev–Trinajstić information content (AvgIpc) is 2.91. The zero-order valence-corrected chi connectivity index (χ0v) is 16.5. The van der Waals surface area contributed by atoms with Crippen molar-refractivity contribution in [2.75, 3.05) is 5.32 Å². The molecule has 2 aromatic rings. The number of benzene rings is 1. The molecule has 1 saturated carbocycles. The maximum Gasteiger partial charge on any atom is 0.252 e. The van der Waals surface area contributed by atoms with Gasteiger partial charge in [0.1, 0.15) is 0 Å². The van der Waals surface area contributed by atoms with Crippen LogP contribution < -0.4 is 5.32 Å². The molecule has 0 aliphatic heterocycles. The second-order valence-electron chi connectivity index (χ2n) is 7.75. The second-order valence-corrected chi connectivity index (χ2v) is 8.61. The summed E-state index contributed by atoms with van der Waals surface area (Å²) in [6.07, 6.45) is 2.21. The van der Waals surface area contributed by atoms with Crippen molar-refractivity contribution in [1.82, 2.24) is 4.98 Å². The number of hydrogen-bond donors (Lipinski definition) is 1. The lowest BCUT2D eigenvalue weighted by Gasteiger charge is -2.47. The van der Waals surface area contributed by atoms with Crippen LogP contribution in [-0.2, 0) is 10.2 Å². The summed E-state index contributed by atoms with van der Waals surface area (Å²) in [6.45, 7) is 14.3. The number of thiazole rings is 1. The number of rotatable bonds is 4. The lowest BCUT2D eigenvalue weighted by molar-refractivity contribution is -0.112. The van der Waals surface area contributed by atoms with Crippen molar-refractivity contribution >= 4 is 22.4 Å². The highest BCUT2D eigenvalue weighted by Gasteiger charge is 2.44. The highest BCUT2D eigenvalue weighted by atomic mass is 32.1. The van der Waals surface area contributed by atoms with E-state index in [4.69, 9.17) is 0 Å². The van der Waals surface area contributed by atoms with E-state index in [1.165, 1.54) is 33.6 Å². The highest BCUT2D eigenvalue weighted by Crippen LogP contribution is 2.54. The van der Waals surface area contributed by atoms with E-state index in [9.17, 15) is 4.79 Å². The van der Waals surface area contributed by atoms with Crippen molar-refractivity contribution in [3.63, 3.8) is 0 Å². The fraction of sp³-hybridized carbons (Fsp3) is 0.429. The molecule has 1 amide bonds. The van der Waals surface area contributed by atoms with Gasteiger partial charge in [-0.15, -0.1) is 11.3 Å². The summed E-state index contributed by atoms with van der Waals surface area (Å²) >= 11 is 1.49. The minimum absolute atomic E-state index is 0.162. The van der Waals surface area contributed by atoms with Gasteiger partial charge in [-0.1, -0.05) is 31.2 Å². The van der Waals surface area contributed by atoms with E-state index in [0.717, 1.165) is 18.5 Å². The van der Waals surface area contributed by atoms with E-state index in [1.54, 1.807) is 6.92 Å². The topological polar surface area (TPSA) is 42.0 Å². The molecular weight excluding hydrogens is 328 g/mol. The number of nitrogens with zero attached hydrogens (tertiary/aromatic N) is 1. The molecule has 0 bridgehead atoms. The van der Waals surface area contributed by atoms with E-state index in [1.807, 2.05) is 0 Å². The summed E-state index contributed by atoms with van der Waals surface area (Å²) in [5.74, 6) is 0.307. The standard InChI is InChI=1S/C21H26N2OS/c1-12(2)19(24)23-20-22-17(11-25-20)16-9-21(6,10-16)18-14(4)7-13(3)8-15(18)5/h7-8,11,16H,1,9-10H2,2-6H3,(H,22,23,24). The van der Waals surface area contributed by atoms with Crippen LogP contribution in [0.5, 0.6) is 0 Å². The van der Waals surface area contributed by atoms with Crippen molar-refractivity contribution < 1.29 is 4.79 Å². The summed E-state index contributed by atoms with van der Waals surface area (Å²) < 4.78 is 0. The quantitative estimate of drug-likeness (QED) is 0.745. The van der Waals surface area contributed by atoms with E-state index in [-0.39, 0.29) is 11.3 Å². The number of aryl methyl sites for hydroxylation is 3. The Morgan fingerprint density at radius 3 is 2.44 bits per heavy atom. The van der Waals surface area contributed by atoms with Crippen LogP contribution in [0.15, 0.2) is 29.7 Å². The molecule has 0 saturated heterocycles. The van der Waals surface area contributed by atoms with Gasteiger partial charge in [-0.3, -0.25) is 10.1 Å². The molecule has 1 heterocycles. The zero-order valence-electron chi connectivity index (χ0n) is 15.7. The number of aromatic nitrogens is 1. The van der Waals surface area contributed by atoms with Crippen molar-refractivity contribution in [3.05, 3.63) is 57.6 Å². The maximum absolute atomic E-state index is 11.7. The Balaban J connectivity index is 1.73. The molecule has 1 aliphatic rings. The van der Waals surface area contributed by atoms with Gasteiger partial charge in [-0.25, -0.2) is 4.98 Å². The Morgan fingerprint density at radius 2 is 1.88 bits per heavy atom. The van der Waals surface area contributed by atoms with E-state index < -0.39 is 0 Å². The van der Waals surface area contributed by atoms with Crippen LogP contribution in [0.3, 0.4) is 0 Å². The minimum Gasteiger partial charge on any atom is -0.298 e. The molecule has 3 nitrogen and oxygen atoms in total. The summed E-state index contributed by atoms with van der Waals surface area (Å²) in [5.41, 5.74) is 7.44. The van der Waals surface area contributed by atoms with Gasteiger partial charge < -0.3 is 0 Å². The molecule has 4 heteroatoms. The Bertz CT molecular complexity index is 820. The number of carbonyl (C=O) groups excluding carboxylic acids is 1. The Morgan fingerprint density at radius 1 is 1.28 bits per heavy atom. The van der Waals surface area contributed by atoms with E-state index >= 15 is 0 Å². The SMILES string of the molecule is C=C(C)C(=O)Nc1nc(C2CC(C)(c3c(C)cc(C)cc3C)C2)cs1. The molecule has 0 spiro atoms. The first kappa shape index (κ1) is 17.9. The van der Waals surface area contributed by atoms with Crippen LogP contribution in [0, 0.1) is 20.8 Å². The summed E-state index contributed by atoms with van der Waals surface area (Å²) in [7, 11) is 0. The predicted molar refractivity (Wildman–Crippen MR) is 106 cm³/mol. The fourth-order valence-corrected chi connectivity index (χ4v) is 5.10.